The summed E-state index contributed by atoms with van der Waals surface area (Å²) in [5.41, 5.74) is 0. The van der Waals surface area contributed by atoms with Gasteiger partial charge in [-0.3, -0.25) is 4.79 Å². The molecule has 3 aliphatic rings. The van der Waals surface area contributed by atoms with E-state index in [1.807, 2.05) is 11.8 Å². The molecule has 3 nitrogen and oxygen atoms in total. The average Bonchev–Trinajstić information content (AvgIpc) is 3.14. The first kappa shape index (κ1) is 12.8. The highest BCUT2D eigenvalue weighted by molar-refractivity contribution is 7.99. The summed E-state index contributed by atoms with van der Waals surface area (Å²) in [5, 5.41) is 0. The first-order valence-corrected chi connectivity index (χ1v) is 8.60. The van der Waals surface area contributed by atoms with Gasteiger partial charge in [-0.05, 0) is 50.9 Å². The van der Waals surface area contributed by atoms with Gasteiger partial charge >= 0.3 is 0 Å². The molecular weight excluding hydrogens is 244 g/mol. The Kier molecular flexibility index (Phi) is 4.14. The third-order valence-corrected chi connectivity index (χ3v) is 5.51. The molecule has 4 heteroatoms. The number of nitrogens with zero attached hydrogens (tertiary/aromatic N) is 2. The molecule has 1 amide bonds. The molecule has 1 aliphatic carbocycles. The molecule has 102 valence electrons. The van der Waals surface area contributed by atoms with Crippen molar-refractivity contribution in [2.24, 2.45) is 5.92 Å². The van der Waals surface area contributed by atoms with Crippen LogP contribution in [-0.4, -0.2) is 59.4 Å². The lowest BCUT2D eigenvalue weighted by atomic mass is 10.2. The Labute approximate surface area is 114 Å². The molecule has 2 saturated heterocycles. The monoisotopic (exact) mass is 268 g/mol. The highest BCUT2D eigenvalue weighted by Crippen LogP contribution is 2.33. The van der Waals surface area contributed by atoms with Crippen LogP contribution in [0.2, 0.25) is 0 Å². The summed E-state index contributed by atoms with van der Waals surface area (Å²) in [6.07, 6.45) is 6.14. The molecule has 2 heterocycles. The molecule has 0 aromatic carbocycles. The minimum Gasteiger partial charge on any atom is -0.337 e. The lowest BCUT2D eigenvalue weighted by molar-refractivity contribution is -0.134. The summed E-state index contributed by atoms with van der Waals surface area (Å²) in [4.78, 5) is 17.2. The predicted molar refractivity (Wildman–Crippen MR) is 75.8 cm³/mol. The Morgan fingerprint density at radius 1 is 1.11 bits per heavy atom. The minimum atomic E-state index is 0.383. The van der Waals surface area contributed by atoms with Gasteiger partial charge in [-0.2, -0.15) is 11.8 Å². The minimum absolute atomic E-state index is 0.383. The van der Waals surface area contributed by atoms with E-state index >= 15 is 0 Å². The van der Waals surface area contributed by atoms with Gasteiger partial charge in [0.25, 0.3) is 0 Å². The number of likely N-dealkylation sites (tertiary alicyclic amines) is 1. The predicted octanol–water partition coefficient (Wildman–Crippen LogP) is 1.83. The van der Waals surface area contributed by atoms with Crippen molar-refractivity contribution in [1.82, 2.24) is 9.80 Å². The van der Waals surface area contributed by atoms with Crippen LogP contribution in [0.4, 0.5) is 0 Å². The maximum Gasteiger partial charge on any atom is 0.226 e. The molecule has 1 unspecified atom stereocenters. The van der Waals surface area contributed by atoms with Crippen LogP contribution in [0.25, 0.3) is 0 Å². The van der Waals surface area contributed by atoms with Crippen molar-refractivity contribution < 1.29 is 4.79 Å². The van der Waals surface area contributed by atoms with Crippen LogP contribution in [0.5, 0.6) is 0 Å². The second kappa shape index (κ2) is 5.83. The average molecular weight is 268 g/mol. The van der Waals surface area contributed by atoms with Gasteiger partial charge in [-0.1, -0.05) is 0 Å². The van der Waals surface area contributed by atoms with Gasteiger partial charge in [0.2, 0.25) is 5.91 Å². The van der Waals surface area contributed by atoms with Crippen LogP contribution < -0.4 is 0 Å². The topological polar surface area (TPSA) is 23.6 Å². The van der Waals surface area contributed by atoms with E-state index in [2.05, 4.69) is 9.80 Å². The number of rotatable bonds is 3. The van der Waals surface area contributed by atoms with Gasteiger partial charge in [0.05, 0.1) is 6.04 Å². The maximum atomic E-state index is 12.4. The summed E-state index contributed by atoms with van der Waals surface area (Å²) in [7, 11) is 0. The Morgan fingerprint density at radius 3 is 2.61 bits per heavy atom. The lowest BCUT2D eigenvalue weighted by Gasteiger charge is -2.32. The summed E-state index contributed by atoms with van der Waals surface area (Å²) < 4.78 is 0. The first-order valence-electron chi connectivity index (χ1n) is 7.45. The third-order valence-electron chi connectivity index (χ3n) is 4.32. The van der Waals surface area contributed by atoms with Crippen molar-refractivity contribution >= 4 is 17.7 Å². The summed E-state index contributed by atoms with van der Waals surface area (Å²) in [5.74, 6) is 3.22. The number of amides is 1. The first-order chi connectivity index (χ1) is 8.84. The zero-order valence-electron chi connectivity index (χ0n) is 11.1. The van der Waals surface area contributed by atoms with Crippen molar-refractivity contribution in [3.63, 3.8) is 0 Å². The highest BCUT2D eigenvalue weighted by Gasteiger charge is 2.37. The van der Waals surface area contributed by atoms with Crippen molar-refractivity contribution in [2.75, 3.05) is 37.7 Å². The van der Waals surface area contributed by atoms with Crippen LogP contribution in [-0.2, 0) is 4.79 Å². The fourth-order valence-electron chi connectivity index (χ4n) is 3.10. The Morgan fingerprint density at radius 2 is 1.89 bits per heavy atom. The van der Waals surface area contributed by atoms with Crippen LogP contribution >= 0.6 is 11.8 Å². The smallest absolute Gasteiger partial charge is 0.226 e. The quantitative estimate of drug-likeness (QED) is 0.780. The number of hydrogen-bond donors (Lipinski definition) is 0. The molecule has 0 radical (unpaired) electrons. The number of hydrogen-bond acceptors (Lipinski definition) is 3. The molecule has 1 saturated carbocycles. The SMILES string of the molecule is O=C(C1CC1)N1CCCSCC1CN1CCCC1. The van der Waals surface area contributed by atoms with E-state index in [1.165, 1.54) is 38.1 Å². The Hall–Kier alpha value is -0.220. The van der Waals surface area contributed by atoms with E-state index in [0.717, 1.165) is 31.7 Å². The molecule has 3 rings (SSSR count). The van der Waals surface area contributed by atoms with Gasteiger partial charge in [0.1, 0.15) is 0 Å². The van der Waals surface area contributed by atoms with Gasteiger partial charge in [-0.15, -0.1) is 0 Å². The van der Waals surface area contributed by atoms with E-state index in [0.29, 0.717) is 17.9 Å². The molecular formula is C14H24N2OS. The van der Waals surface area contributed by atoms with Gasteiger partial charge in [0.15, 0.2) is 0 Å². The second-order valence-electron chi connectivity index (χ2n) is 5.90. The largest absolute Gasteiger partial charge is 0.337 e. The summed E-state index contributed by atoms with van der Waals surface area (Å²) in [6.45, 7) is 4.60. The van der Waals surface area contributed by atoms with E-state index in [1.54, 1.807) is 0 Å². The zero-order valence-corrected chi connectivity index (χ0v) is 12.0. The molecule has 0 spiro atoms. The third kappa shape index (κ3) is 3.02. The molecule has 1 atom stereocenters. The van der Waals surface area contributed by atoms with Crippen LogP contribution in [0.1, 0.15) is 32.1 Å². The van der Waals surface area contributed by atoms with Gasteiger partial charge in [-0.25, -0.2) is 0 Å². The standard InChI is InChI=1S/C14H24N2OS/c17-14(12-4-5-12)16-8-3-9-18-11-13(16)10-15-6-1-2-7-15/h12-13H,1-11H2. The number of thioether (sulfide) groups is 1. The van der Waals surface area contributed by atoms with E-state index in [4.69, 9.17) is 0 Å². The lowest BCUT2D eigenvalue weighted by Crippen LogP contribution is -2.48. The van der Waals surface area contributed by atoms with Crippen molar-refractivity contribution in [3.8, 4) is 0 Å². The van der Waals surface area contributed by atoms with Crippen LogP contribution in [0.3, 0.4) is 0 Å². The van der Waals surface area contributed by atoms with Crippen LogP contribution in [0.15, 0.2) is 0 Å². The number of carbonyl (C=O) groups is 1. The summed E-state index contributed by atoms with van der Waals surface area (Å²) in [6, 6.07) is 0.476. The second-order valence-corrected chi connectivity index (χ2v) is 7.05. The maximum absolute atomic E-state index is 12.4. The zero-order chi connectivity index (χ0) is 12.4. The normalized spacial score (nSPS) is 30.4. The molecule has 2 aliphatic heterocycles. The van der Waals surface area contributed by atoms with Crippen molar-refractivity contribution in [3.05, 3.63) is 0 Å². The van der Waals surface area contributed by atoms with Crippen molar-refractivity contribution in [1.29, 1.82) is 0 Å². The fraction of sp³-hybridized carbons (Fsp3) is 0.929. The Balaban J connectivity index is 1.63. The van der Waals surface area contributed by atoms with Gasteiger partial charge < -0.3 is 9.80 Å². The molecule has 18 heavy (non-hydrogen) atoms. The molecule has 0 aromatic rings. The van der Waals surface area contributed by atoms with Gasteiger partial charge in [0, 0.05) is 24.8 Å². The highest BCUT2D eigenvalue weighted by atomic mass is 32.2. The fourth-order valence-corrected chi connectivity index (χ4v) is 4.16. The number of carbonyl (C=O) groups excluding carboxylic acids is 1. The van der Waals surface area contributed by atoms with Crippen LogP contribution in [0, 0.1) is 5.92 Å². The molecule has 0 N–H and O–H groups in total. The molecule has 0 aromatic heterocycles. The van der Waals surface area contributed by atoms with E-state index < -0.39 is 0 Å². The molecule has 0 bridgehead atoms. The Bertz CT molecular complexity index is 300. The summed E-state index contributed by atoms with van der Waals surface area (Å²) >= 11 is 2.04. The van der Waals surface area contributed by atoms with Crippen molar-refractivity contribution in [2.45, 2.75) is 38.1 Å². The van der Waals surface area contributed by atoms with E-state index in [-0.39, 0.29) is 0 Å². The van der Waals surface area contributed by atoms with E-state index in [9.17, 15) is 4.79 Å². The molecule has 3 fully saturated rings.